The number of alkyl halides is 3. The molecule has 1 amide bonds. The molecule has 0 bridgehead atoms. The van der Waals surface area contributed by atoms with E-state index in [1.54, 1.807) is 0 Å². The van der Waals surface area contributed by atoms with Crippen molar-refractivity contribution in [3.63, 3.8) is 0 Å². The molecule has 5 nitrogen and oxygen atoms in total. The van der Waals surface area contributed by atoms with Gasteiger partial charge in [0.15, 0.2) is 0 Å². The molecule has 2 rings (SSSR count). The monoisotopic (exact) mass is 316 g/mol. The molecule has 1 aromatic heterocycles. The molecule has 0 atom stereocenters. The number of nitrogens with one attached hydrogen (secondary N) is 1. The van der Waals surface area contributed by atoms with Gasteiger partial charge in [0.25, 0.3) is 5.91 Å². The van der Waals surface area contributed by atoms with Gasteiger partial charge in [-0.05, 0) is 37.8 Å². The fraction of sp³-hybridized carbons (Fsp3) is 0.500. The number of rotatable bonds is 3. The molecule has 1 aliphatic carbocycles. The minimum Gasteiger partial charge on any atom is -0.477 e. The Morgan fingerprint density at radius 2 is 1.86 bits per heavy atom. The Morgan fingerprint density at radius 1 is 1.23 bits per heavy atom. The third-order valence-corrected chi connectivity index (χ3v) is 3.77. The average Bonchev–Trinajstić information content (AvgIpc) is 2.47. The zero-order valence-electron chi connectivity index (χ0n) is 11.6. The summed E-state index contributed by atoms with van der Waals surface area (Å²) in [6.07, 6.45) is -2.48. The summed E-state index contributed by atoms with van der Waals surface area (Å²) in [5, 5.41) is 11.5. The van der Waals surface area contributed by atoms with E-state index < -0.39 is 24.0 Å². The van der Waals surface area contributed by atoms with Crippen molar-refractivity contribution in [1.29, 1.82) is 0 Å². The van der Waals surface area contributed by atoms with Crippen LogP contribution in [0.3, 0.4) is 0 Å². The number of pyridine rings is 1. The van der Waals surface area contributed by atoms with Crippen molar-refractivity contribution < 1.29 is 27.9 Å². The topological polar surface area (TPSA) is 79.3 Å². The van der Waals surface area contributed by atoms with Gasteiger partial charge in [0.05, 0.1) is 5.92 Å². The first kappa shape index (κ1) is 16.3. The van der Waals surface area contributed by atoms with Crippen LogP contribution in [-0.2, 0) is 0 Å². The number of hydrogen-bond donors (Lipinski definition) is 2. The predicted octanol–water partition coefficient (Wildman–Crippen LogP) is 2.63. The summed E-state index contributed by atoms with van der Waals surface area (Å²) < 4.78 is 37.7. The largest absolute Gasteiger partial charge is 0.477 e. The summed E-state index contributed by atoms with van der Waals surface area (Å²) in [7, 11) is 0. The van der Waals surface area contributed by atoms with Crippen molar-refractivity contribution in [3.05, 3.63) is 29.6 Å². The molecule has 0 aromatic carbocycles. The van der Waals surface area contributed by atoms with Gasteiger partial charge in [0, 0.05) is 17.8 Å². The van der Waals surface area contributed by atoms with Crippen LogP contribution in [0.1, 0.15) is 46.5 Å². The van der Waals surface area contributed by atoms with E-state index in [1.165, 1.54) is 12.3 Å². The number of carbonyl (C=O) groups is 2. The Balaban J connectivity index is 1.94. The fourth-order valence-electron chi connectivity index (χ4n) is 2.52. The summed E-state index contributed by atoms with van der Waals surface area (Å²) in [6, 6.07) is 2.18. The lowest BCUT2D eigenvalue weighted by molar-refractivity contribution is -0.182. The molecule has 0 aliphatic heterocycles. The lowest BCUT2D eigenvalue weighted by atomic mass is 9.85. The van der Waals surface area contributed by atoms with E-state index in [4.69, 9.17) is 5.11 Å². The second-order valence-electron chi connectivity index (χ2n) is 5.30. The summed E-state index contributed by atoms with van der Waals surface area (Å²) in [4.78, 5) is 26.4. The maximum atomic E-state index is 12.6. The van der Waals surface area contributed by atoms with E-state index in [1.807, 2.05) is 0 Å². The van der Waals surface area contributed by atoms with Crippen LogP contribution in [0.2, 0.25) is 0 Å². The predicted molar refractivity (Wildman–Crippen MR) is 70.5 cm³/mol. The van der Waals surface area contributed by atoms with Gasteiger partial charge in [0.2, 0.25) is 0 Å². The number of carboxylic acid groups (broad SMARTS) is 1. The minimum absolute atomic E-state index is 0.00876. The van der Waals surface area contributed by atoms with Gasteiger partial charge in [-0.25, -0.2) is 9.78 Å². The quantitative estimate of drug-likeness (QED) is 0.898. The Kier molecular flexibility index (Phi) is 4.68. The molecule has 1 heterocycles. The normalized spacial score (nSPS) is 22.1. The molecule has 22 heavy (non-hydrogen) atoms. The van der Waals surface area contributed by atoms with Gasteiger partial charge in [-0.2, -0.15) is 13.2 Å². The highest BCUT2D eigenvalue weighted by Gasteiger charge is 2.41. The third kappa shape index (κ3) is 3.96. The van der Waals surface area contributed by atoms with Gasteiger partial charge in [-0.15, -0.1) is 0 Å². The zero-order valence-corrected chi connectivity index (χ0v) is 11.6. The highest BCUT2D eigenvalue weighted by Crippen LogP contribution is 2.37. The van der Waals surface area contributed by atoms with Gasteiger partial charge >= 0.3 is 12.1 Å². The molecule has 0 spiro atoms. The first-order valence-electron chi connectivity index (χ1n) is 6.84. The molecule has 2 N–H and O–H groups in total. The van der Waals surface area contributed by atoms with Crippen LogP contribution in [0.4, 0.5) is 13.2 Å². The van der Waals surface area contributed by atoms with E-state index >= 15 is 0 Å². The van der Waals surface area contributed by atoms with Crippen molar-refractivity contribution in [1.82, 2.24) is 10.3 Å². The van der Waals surface area contributed by atoms with Crippen molar-refractivity contribution in [3.8, 4) is 0 Å². The number of aromatic carboxylic acids is 1. The Hall–Kier alpha value is -2.12. The van der Waals surface area contributed by atoms with Crippen LogP contribution in [0, 0.1) is 5.92 Å². The molecule has 1 saturated carbocycles. The van der Waals surface area contributed by atoms with Gasteiger partial charge < -0.3 is 10.4 Å². The smallest absolute Gasteiger partial charge is 0.391 e. The molecule has 0 radical (unpaired) electrons. The molecule has 1 fully saturated rings. The summed E-state index contributed by atoms with van der Waals surface area (Å²) in [6.45, 7) is 0. The van der Waals surface area contributed by atoms with Crippen molar-refractivity contribution >= 4 is 11.9 Å². The number of carboxylic acids is 1. The molecule has 120 valence electrons. The second kappa shape index (κ2) is 6.33. The van der Waals surface area contributed by atoms with E-state index in [0.717, 1.165) is 6.07 Å². The maximum Gasteiger partial charge on any atom is 0.391 e. The molecular formula is C14H15F3N2O3. The second-order valence-corrected chi connectivity index (χ2v) is 5.30. The average molecular weight is 316 g/mol. The highest BCUT2D eigenvalue weighted by molar-refractivity contribution is 5.96. The number of halogens is 3. The van der Waals surface area contributed by atoms with Gasteiger partial charge in [-0.1, -0.05) is 0 Å². The summed E-state index contributed by atoms with van der Waals surface area (Å²) in [5.41, 5.74) is -0.126. The third-order valence-electron chi connectivity index (χ3n) is 3.77. The molecular weight excluding hydrogens is 301 g/mol. The standard InChI is InChI=1S/C14H15F3N2O3/c15-14(16,17)9-1-3-10(4-2-9)19-12(20)8-5-6-18-11(7-8)13(21)22/h5-7,9-10H,1-4H2,(H,19,20)(H,21,22). The van der Waals surface area contributed by atoms with Gasteiger partial charge in [-0.3, -0.25) is 4.79 Å². The molecule has 8 heteroatoms. The summed E-state index contributed by atoms with van der Waals surface area (Å²) in [5.74, 6) is -3.05. The van der Waals surface area contributed by atoms with Crippen LogP contribution in [0.5, 0.6) is 0 Å². The maximum absolute atomic E-state index is 12.6. The zero-order chi connectivity index (χ0) is 16.3. The van der Waals surface area contributed by atoms with Crippen LogP contribution >= 0.6 is 0 Å². The van der Waals surface area contributed by atoms with Crippen LogP contribution in [-0.4, -0.2) is 34.2 Å². The van der Waals surface area contributed by atoms with E-state index in [2.05, 4.69) is 10.3 Å². The Morgan fingerprint density at radius 3 is 2.41 bits per heavy atom. The van der Waals surface area contributed by atoms with Crippen molar-refractivity contribution in [2.75, 3.05) is 0 Å². The Labute approximate surface area is 124 Å². The molecule has 0 unspecified atom stereocenters. The minimum atomic E-state index is -4.18. The van der Waals surface area contributed by atoms with Crippen LogP contribution in [0.15, 0.2) is 18.3 Å². The lowest BCUT2D eigenvalue weighted by Gasteiger charge is -2.30. The van der Waals surface area contributed by atoms with Crippen molar-refractivity contribution in [2.45, 2.75) is 37.9 Å². The Bertz CT molecular complexity index is 567. The molecule has 1 aliphatic rings. The summed E-state index contributed by atoms with van der Waals surface area (Å²) >= 11 is 0. The van der Waals surface area contributed by atoms with E-state index in [9.17, 15) is 22.8 Å². The van der Waals surface area contributed by atoms with Crippen LogP contribution < -0.4 is 5.32 Å². The first-order chi connectivity index (χ1) is 10.3. The number of nitrogens with zero attached hydrogens (tertiary/aromatic N) is 1. The fourth-order valence-corrected chi connectivity index (χ4v) is 2.52. The number of aromatic nitrogens is 1. The molecule has 0 saturated heterocycles. The highest BCUT2D eigenvalue weighted by atomic mass is 19.4. The van der Waals surface area contributed by atoms with E-state index in [-0.39, 0.29) is 43.0 Å². The number of carbonyl (C=O) groups excluding carboxylic acids is 1. The van der Waals surface area contributed by atoms with Crippen molar-refractivity contribution in [2.24, 2.45) is 5.92 Å². The van der Waals surface area contributed by atoms with Crippen LogP contribution in [0.25, 0.3) is 0 Å². The number of amides is 1. The van der Waals surface area contributed by atoms with Gasteiger partial charge in [0.1, 0.15) is 5.69 Å². The molecule has 1 aromatic rings. The number of hydrogen-bond acceptors (Lipinski definition) is 3. The SMILES string of the molecule is O=C(NC1CCC(C(F)(F)F)CC1)c1ccnc(C(=O)O)c1. The first-order valence-corrected chi connectivity index (χ1v) is 6.84. The lowest BCUT2D eigenvalue weighted by Crippen LogP contribution is -2.40. The van der Waals surface area contributed by atoms with E-state index in [0.29, 0.717) is 0 Å².